The molecule has 46 heavy (non-hydrogen) atoms. The van der Waals surface area contributed by atoms with Crippen molar-refractivity contribution in [3.05, 3.63) is 77.9 Å². The van der Waals surface area contributed by atoms with Gasteiger partial charge in [-0.25, -0.2) is 0 Å². The Labute approximate surface area is 280 Å². The first-order valence-electron chi connectivity index (χ1n) is 17.8. The van der Waals surface area contributed by atoms with Gasteiger partial charge in [-0.1, -0.05) is 51.1 Å². The van der Waals surface area contributed by atoms with Crippen LogP contribution in [0.25, 0.3) is 0 Å². The highest BCUT2D eigenvalue weighted by atomic mass is 28.4. The molecular weight excluding hydrogens is 591 g/mol. The largest absolute Gasteiger partial charge is 0.465 e. The van der Waals surface area contributed by atoms with Gasteiger partial charge in [-0.05, 0) is 87.1 Å². The molecule has 0 spiro atoms. The van der Waals surface area contributed by atoms with E-state index in [0.29, 0.717) is 31.8 Å². The Hall–Kier alpha value is -2.49. The summed E-state index contributed by atoms with van der Waals surface area (Å²) in [6.07, 6.45) is 4.95. The van der Waals surface area contributed by atoms with Crippen molar-refractivity contribution in [1.29, 1.82) is 0 Å². The van der Waals surface area contributed by atoms with Gasteiger partial charge in [-0.2, -0.15) is 0 Å². The summed E-state index contributed by atoms with van der Waals surface area (Å²) in [7, 11) is -1.68. The van der Waals surface area contributed by atoms with Gasteiger partial charge in [-0.15, -0.1) is 6.58 Å². The highest BCUT2D eigenvalue weighted by Gasteiger charge is 2.35. The zero-order chi connectivity index (χ0) is 33.1. The topological polar surface area (TPSA) is 54.5 Å². The van der Waals surface area contributed by atoms with Crippen LogP contribution in [0.3, 0.4) is 0 Å². The van der Waals surface area contributed by atoms with Gasteiger partial charge < -0.3 is 18.8 Å². The molecule has 2 fully saturated rings. The second-order valence-electron chi connectivity index (χ2n) is 13.1. The van der Waals surface area contributed by atoms with Gasteiger partial charge in [0.1, 0.15) is 5.75 Å². The van der Waals surface area contributed by atoms with E-state index in [2.05, 4.69) is 88.3 Å². The first-order valence-corrected chi connectivity index (χ1v) is 20.3. The first kappa shape index (κ1) is 36.3. The predicted molar refractivity (Wildman–Crippen MR) is 191 cm³/mol. The van der Waals surface area contributed by atoms with Crippen LogP contribution in [-0.4, -0.2) is 93.2 Å². The Bertz CT molecular complexity index is 1220. The average Bonchev–Trinajstić information content (AvgIpc) is 3.08. The lowest BCUT2D eigenvalue weighted by Crippen LogP contribution is -2.57. The summed E-state index contributed by atoms with van der Waals surface area (Å²) in [5, 5.41) is 0. The molecule has 0 aromatic heterocycles. The molecule has 2 heterocycles. The summed E-state index contributed by atoms with van der Waals surface area (Å²) in [4.78, 5) is 20.7. The maximum absolute atomic E-state index is 13.6. The third-order valence-corrected chi connectivity index (χ3v) is 15.0. The molecule has 0 bridgehead atoms. The average molecular weight is 650 g/mol. The SMILES string of the molecule is C=CCN1C[C@@H](C)N(C(c2ccc(C(=O)N(CC)CCO[Si](CC)(CC)CC)cc2)c2cccc(OC3CCCCO3)c2)C[C@H]1C. The number of hydrogen-bond acceptors (Lipinski definition) is 6. The Balaban J connectivity index is 1.57. The molecule has 254 valence electrons. The van der Waals surface area contributed by atoms with Crippen molar-refractivity contribution in [3.8, 4) is 5.75 Å². The number of amides is 1. The molecule has 0 aliphatic carbocycles. The molecule has 2 aromatic carbocycles. The van der Waals surface area contributed by atoms with Gasteiger partial charge >= 0.3 is 0 Å². The van der Waals surface area contributed by atoms with Crippen LogP contribution in [0.4, 0.5) is 0 Å². The molecule has 2 aliphatic rings. The van der Waals surface area contributed by atoms with Crippen molar-refractivity contribution in [2.75, 3.05) is 45.9 Å². The number of carbonyl (C=O) groups excluding carboxylic acids is 1. The van der Waals surface area contributed by atoms with E-state index < -0.39 is 8.32 Å². The monoisotopic (exact) mass is 649 g/mol. The standard InChI is InChI=1S/C38H59N3O4Si/c1-8-23-40-28-31(7)41(29-30(40)6)37(34-16-15-17-35(27-34)45-36-18-13-14-25-43-36)32-19-21-33(22-20-32)38(42)39(9-2)24-26-44-46(10-3,11-4)12-5/h8,15-17,19-22,27,30-31,36-37H,1,9-14,18,23-26,28-29H2,2-7H3/t30-,31-,36?,37?/m1/s1. The fourth-order valence-corrected chi connectivity index (χ4v) is 9.75. The van der Waals surface area contributed by atoms with Crippen molar-refractivity contribution in [2.45, 2.75) is 103 Å². The van der Waals surface area contributed by atoms with Crippen LogP contribution >= 0.6 is 0 Å². The first-order chi connectivity index (χ1) is 22.3. The zero-order valence-electron chi connectivity index (χ0n) is 29.4. The number of piperazine rings is 1. The minimum atomic E-state index is -1.68. The molecule has 2 aromatic rings. The normalized spacial score (nSPS) is 21.9. The van der Waals surface area contributed by atoms with Crippen molar-refractivity contribution in [1.82, 2.24) is 14.7 Å². The van der Waals surface area contributed by atoms with E-state index >= 15 is 0 Å². The van der Waals surface area contributed by atoms with Crippen LogP contribution in [0.15, 0.2) is 61.2 Å². The number of benzene rings is 2. The van der Waals surface area contributed by atoms with Crippen LogP contribution in [0, 0.1) is 0 Å². The van der Waals surface area contributed by atoms with Crippen LogP contribution in [0.2, 0.25) is 18.1 Å². The van der Waals surface area contributed by atoms with Gasteiger partial charge in [0.25, 0.3) is 5.91 Å². The third-order valence-electron chi connectivity index (χ3n) is 10.3. The van der Waals surface area contributed by atoms with Crippen molar-refractivity contribution in [2.24, 2.45) is 0 Å². The molecule has 1 amide bonds. The molecule has 8 heteroatoms. The van der Waals surface area contributed by atoms with Gasteiger partial charge in [-0.3, -0.25) is 14.6 Å². The van der Waals surface area contributed by atoms with Gasteiger partial charge in [0.2, 0.25) is 0 Å². The van der Waals surface area contributed by atoms with Gasteiger partial charge in [0.15, 0.2) is 14.6 Å². The highest BCUT2D eigenvalue weighted by Crippen LogP contribution is 2.35. The molecule has 2 saturated heterocycles. The molecular formula is C38H59N3O4Si. The lowest BCUT2D eigenvalue weighted by Gasteiger charge is -2.47. The predicted octanol–water partition coefficient (Wildman–Crippen LogP) is 7.75. The van der Waals surface area contributed by atoms with E-state index in [1.54, 1.807) is 0 Å². The third kappa shape index (κ3) is 9.10. The number of nitrogens with zero attached hydrogens (tertiary/aromatic N) is 3. The Morgan fingerprint density at radius 3 is 2.39 bits per heavy atom. The van der Waals surface area contributed by atoms with E-state index in [4.69, 9.17) is 13.9 Å². The van der Waals surface area contributed by atoms with Crippen LogP contribution in [0.1, 0.15) is 88.3 Å². The quantitative estimate of drug-likeness (QED) is 0.137. The second kappa shape index (κ2) is 17.6. The molecule has 4 rings (SSSR count). The van der Waals surface area contributed by atoms with Crippen LogP contribution in [0.5, 0.6) is 5.75 Å². The van der Waals surface area contributed by atoms with E-state index in [9.17, 15) is 4.79 Å². The van der Waals surface area contributed by atoms with Crippen molar-refractivity contribution >= 4 is 14.2 Å². The Morgan fingerprint density at radius 2 is 1.76 bits per heavy atom. The number of likely N-dealkylation sites (N-methyl/N-ethyl adjacent to an activating group) is 1. The fourth-order valence-electron chi connectivity index (χ4n) is 7.12. The lowest BCUT2D eigenvalue weighted by atomic mass is 9.92. The van der Waals surface area contributed by atoms with Gasteiger partial charge in [0.05, 0.1) is 19.3 Å². The molecule has 2 unspecified atom stereocenters. The van der Waals surface area contributed by atoms with Crippen LogP contribution in [-0.2, 0) is 9.16 Å². The number of ether oxygens (including phenoxy) is 2. The highest BCUT2D eigenvalue weighted by molar-refractivity contribution is 6.73. The number of carbonyl (C=O) groups is 1. The number of rotatable bonds is 16. The molecule has 4 atom stereocenters. The Kier molecular flexibility index (Phi) is 13.9. The van der Waals surface area contributed by atoms with E-state index in [0.717, 1.165) is 74.9 Å². The maximum Gasteiger partial charge on any atom is 0.253 e. The van der Waals surface area contributed by atoms with E-state index in [1.165, 1.54) is 11.1 Å². The van der Waals surface area contributed by atoms with E-state index in [-0.39, 0.29) is 18.2 Å². The fraction of sp³-hybridized carbons (Fsp3) is 0.605. The minimum Gasteiger partial charge on any atom is -0.465 e. The summed E-state index contributed by atoms with van der Waals surface area (Å²) in [6.45, 7) is 22.8. The van der Waals surface area contributed by atoms with E-state index in [1.807, 2.05) is 29.2 Å². The molecule has 0 N–H and O–H groups in total. The summed E-state index contributed by atoms with van der Waals surface area (Å²) >= 11 is 0. The molecule has 7 nitrogen and oxygen atoms in total. The molecule has 0 radical (unpaired) electrons. The Morgan fingerprint density at radius 1 is 1.02 bits per heavy atom. The smallest absolute Gasteiger partial charge is 0.253 e. The summed E-state index contributed by atoms with van der Waals surface area (Å²) in [6, 6.07) is 20.9. The molecule has 0 saturated carbocycles. The minimum absolute atomic E-state index is 0.0224. The van der Waals surface area contributed by atoms with Gasteiger partial charge in [0, 0.05) is 56.8 Å². The summed E-state index contributed by atoms with van der Waals surface area (Å²) < 4.78 is 18.7. The summed E-state index contributed by atoms with van der Waals surface area (Å²) in [5.41, 5.74) is 3.08. The lowest BCUT2D eigenvalue weighted by molar-refractivity contribution is -0.105. The van der Waals surface area contributed by atoms with Crippen molar-refractivity contribution < 1.29 is 18.7 Å². The maximum atomic E-state index is 13.6. The van der Waals surface area contributed by atoms with Crippen LogP contribution < -0.4 is 4.74 Å². The second-order valence-corrected chi connectivity index (χ2v) is 17.9. The summed E-state index contributed by atoms with van der Waals surface area (Å²) in [5.74, 6) is 0.906. The molecule has 2 aliphatic heterocycles. The van der Waals surface area contributed by atoms with Crippen molar-refractivity contribution in [3.63, 3.8) is 0 Å². The number of hydrogen-bond donors (Lipinski definition) is 0. The zero-order valence-corrected chi connectivity index (χ0v) is 30.4.